The third-order valence-electron chi connectivity index (χ3n) is 4.39. The number of methoxy groups -OCH3 is 3. The fourth-order valence-corrected chi connectivity index (χ4v) is 3.11. The van der Waals surface area contributed by atoms with Crippen molar-refractivity contribution in [2.24, 2.45) is 7.05 Å². The molecule has 0 aliphatic carbocycles. The van der Waals surface area contributed by atoms with Crippen LogP contribution in [0.5, 0.6) is 17.2 Å². The van der Waals surface area contributed by atoms with E-state index in [2.05, 4.69) is 5.32 Å². The van der Waals surface area contributed by atoms with Crippen LogP contribution < -0.4 is 25.1 Å². The van der Waals surface area contributed by atoms with Crippen LogP contribution in [-0.2, 0) is 7.05 Å². The molecule has 136 valence electrons. The second-order valence-electron chi connectivity index (χ2n) is 5.96. The third-order valence-corrected chi connectivity index (χ3v) is 4.39. The summed E-state index contributed by atoms with van der Waals surface area (Å²) in [5.41, 5.74) is 3.03. The molecule has 0 saturated carbocycles. The fraction of sp³-hybridized carbons (Fsp3) is 0.250. The Morgan fingerprint density at radius 2 is 1.77 bits per heavy atom. The Hall–Kier alpha value is -3.15. The second kappa shape index (κ2) is 7.00. The summed E-state index contributed by atoms with van der Waals surface area (Å²) in [5.74, 6) is 1.99. The SMILES string of the molecule is COc1cccc(Nc2cc(OC)c3c(c(C)cc(=O)n3C)c2OC)c1. The van der Waals surface area contributed by atoms with Crippen molar-refractivity contribution >= 4 is 22.3 Å². The average molecular weight is 354 g/mol. The van der Waals surface area contributed by atoms with E-state index < -0.39 is 0 Å². The van der Waals surface area contributed by atoms with E-state index in [9.17, 15) is 4.79 Å². The van der Waals surface area contributed by atoms with E-state index in [4.69, 9.17) is 14.2 Å². The van der Waals surface area contributed by atoms with E-state index in [1.54, 1.807) is 39.0 Å². The minimum absolute atomic E-state index is 0.0937. The molecule has 0 radical (unpaired) electrons. The van der Waals surface area contributed by atoms with E-state index in [1.165, 1.54) is 0 Å². The zero-order chi connectivity index (χ0) is 18.8. The van der Waals surface area contributed by atoms with E-state index in [1.807, 2.05) is 37.3 Å². The van der Waals surface area contributed by atoms with Gasteiger partial charge in [-0.15, -0.1) is 0 Å². The van der Waals surface area contributed by atoms with Crippen LogP contribution in [0.15, 0.2) is 41.2 Å². The van der Waals surface area contributed by atoms with Gasteiger partial charge in [0.05, 0.1) is 32.5 Å². The summed E-state index contributed by atoms with van der Waals surface area (Å²) in [7, 11) is 6.55. The summed E-state index contributed by atoms with van der Waals surface area (Å²) in [6, 6.07) is 11.0. The molecule has 0 saturated heterocycles. The second-order valence-corrected chi connectivity index (χ2v) is 5.96. The predicted molar refractivity (Wildman–Crippen MR) is 103 cm³/mol. The molecule has 0 unspecified atom stereocenters. The van der Waals surface area contributed by atoms with Gasteiger partial charge in [0.1, 0.15) is 11.5 Å². The van der Waals surface area contributed by atoms with Crippen molar-refractivity contribution in [1.29, 1.82) is 0 Å². The number of aryl methyl sites for hydroxylation is 2. The largest absolute Gasteiger partial charge is 0.497 e. The van der Waals surface area contributed by atoms with Crippen molar-refractivity contribution < 1.29 is 14.2 Å². The number of hydrogen-bond acceptors (Lipinski definition) is 5. The molecule has 0 aliphatic rings. The highest BCUT2D eigenvalue weighted by Gasteiger charge is 2.18. The summed E-state index contributed by atoms with van der Waals surface area (Å²) in [5, 5.41) is 4.19. The number of benzene rings is 2. The first-order valence-electron chi connectivity index (χ1n) is 8.16. The Bertz CT molecular complexity index is 1020. The molecular formula is C20H22N2O4. The van der Waals surface area contributed by atoms with Gasteiger partial charge >= 0.3 is 0 Å². The smallest absolute Gasteiger partial charge is 0.251 e. The summed E-state index contributed by atoms with van der Waals surface area (Å²) in [6.45, 7) is 1.89. The molecule has 0 aliphatic heterocycles. The van der Waals surface area contributed by atoms with Crippen LogP contribution in [0, 0.1) is 6.92 Å². The number of anilines is 2. The molecule has 0 bridgehead atoms. The zero-order valence-corrected chi connectivity index (χ0v) is 15.5. The molecule has 0 spiro atoms. The zero-order valence-electron chi connectivity index (χ0n) is 15.5. The molecular weight excluding hydrogens is 332 g/mol. The molecule has 1 heterocycles. The van der Waals surface area contributed by atoms with Gasteiger partial charge in [-0.1, -0.05) is 6.07 Å². The Morgan fingerprint density at radius 1 is 1.00 bits per heavy atom. The average Bonchev–Trinajstić information content (AvgIpc) is 2.65. The Labute approximate surface area is 151 Å². The molecule has 1 aromatic heterocycles. The van der Waals surface area contributed by atoms with Gasteiger partial charge in [0.2, 0.25) is 0 Å². The van der Waals surface area contributed by atoms with Crippen molar-refractivity contribution in [2.75, 3.05) is 26.6 Å². The van der Waals surface area contributed by atoms with Crippen LogP contribution in [0.25, 0.3) is 10.9 Å². The number of aromatic nitrogens is 1. The molecule has 0 atom stereocenters. The maximum atomic E-state index is 12.2. The Balaban J connectivity index is 2.27. The van der Waals surface area contributed by atoms with E-state index in [0.29, 0.717) is 17.0 Å². The van der Waals surface area contributed by atoms with Crippen LogP contribution in [0.4, 0.5) is 11.4 Å². The maximum absolute atomic E-state index is 12.2. The number of rotatable bonds is 5. The number of pyridine rings is 1. The van der Waals surface area contributed by atoms with Crippen molar-refractivity contribution in [2.45, 2.75) is 6.92 Å². The molecule has 3 rings (SSSR count). The van der Waals surface area contributed by atoms with Crippen molar-refractivity contribution in [3.05, 3.63) is 52.3 Å². The van der Waals surface area contributed by atoms with Gasteiger partial charge in [-0.3, -0.25) is 4.79 Å². The number of fused-ring (bicyclic) bond motifs is 1. The van der Waals surface area contributed by atoms with Crippen LogP contribution in [0.1, 0.15) is 5.56 Å². The van der Waals surface area contributed by atoms with Crippen molar-refractivity contribution in [3.8, 4) is 17.2 Å². The lowest BCUT2D eigenvalue weighted by molar-refractivity contribution is 0.410. The molecule has 6 nitrogen and oxygen atoms in total. The Morgan fingerprint density at radius 3 is 2.42 bits per heavy atom. The van der Waals surface area contributed by atoms with E-state index in [0.717, 1.165) is 28.1 Å². The predicted octanol–water partition coefficient (Wildman–Crippen LogP) is 3.62. The van der Waals surface area contributed by atoms with Crippen LogP contribution in [-0.4, -0.2) is 25.9 Å². The summed E-state index contributed by atoms with van der Waals surface area (Å²) in [4.78, 5) is 12.2. The number of nitrogens with one attached hydrogen (secondary N) is 1. The van der Waals surface area contributed by atoms with Gasteiger partial charge in [-0.2, -0.15) is 0 Å². The normalized spacial score (nSPS) is 10.7. The summed E-state index contributed by atoms with van der Waals surface area (Å²) in [6.07, 6.45) is 0. The topological polar surface area (TPSA) is 61.7 Å². The lowest BCUT2D eigenvalue weighted by Gasteiger charge is -2.19. The molecule has 3 aromatic rings. The first-order valence-corrected chi connectivity index (χ1v) is 8.16. The van der Waals surface area contributed by atoms with Crippen molar-refractivity contribution in [3.63, 3.8) is 0 Å². The molecule has 6 heteroatoms. The van der Waals surface area contributed by atoms with Crippen molar-refractivity contribution in [1.82, 2.24) is 4.57 Å². The fourth-order valence-electron chi connectivity index (χ4n) is 3.11. The van der Waals surface area contributed by atoms with Gasteiger partial charge in [0.25, 0.3) is 5.56 Å². The molecule has 1 N–H and O–H groups in total. The van der Waals surface area contributed by atoms with Gasteiger partial charge in [-0.05, 0) is 24.6 Å². The van der Waals surface area contributed by atoms with Gasteiger partial charge in [-0.25, -0.2) is 0 Å². The monoisotopic (exact) mass is 354 g/mol. The first-order chi connectivity index (χ1) is 12.5. The van der Waals surface area contributed by atoms with E-state index >= 15 is 0 Å². The van der Waals surface area contributed by atoms with Gasteiger partial charge in [0.15, 0.2) is 5.75 Å². The van der Waals surface area contributed by atoms with Crippen LogP contribution in [0.2, 0.25) is 0 Å². The van der Waals surface area contributed by atoms with Gasteiger partial charge < -0.3 is 24.1 Å². The minimum atomic E-state index is -0.0937. The maximum Gasteiger partial charge on any atom is 0.251 e. The minimum Gasteiger partial charge on any atom is -0.497 e. The van der Waals surface area contributed by atoms with Crippen LogP contribution >= 0.6 is 0 Å². The molecule has 26 heavy (non-hydrogen) atoms. The molecule has 0 fully saturated rings. The number of hydrogen-bond donors (Lipinski definition) is 1. The lowest BCUT2D eigenvalue weighted by atomic mass is 10.1. The van der Waals surface area contributed by atoms with Crippen LogP contribution in [0.3, 0.4) is 0 Å². The Kier molecular flexibility index (Phi) is 4.75. The standard InChI is InChI=1S/C20H22N2O4/c1-12-9-17(23)22(2)19-16(25-4)11-15(20(26-5)18(12)19)21-13-7-6-8-14(10-13)24-3/h6-11,21H,1-5H3. The summed E-state index contributed by atoms with van der Waals surface area (Å²) >= 11 is 0. The molecule has 0 amide bonds. The lowest BCUT2D eigenvalue weighted by Crippen LogP contribution is -2.17. The van der Waals surface area contributed by atoms with E-state index in [-0.39, 0.29) is 5.56 Å². The first kappa shape index (κ1) is 17.7. The highest BCUT2D eigenvalue weighted by molar-refractivity contribution is 5.98. The molecule has 2 aromatic carbocycles. The quantitative estimate of drug-likeness (QED) is 0.758. The number of ether oxygens (including phenoxy) is 3. The van der Waals surface area contributed by atoms with Gasteiger partial charge in [0, 0.05) is 36.3 Å². The number of nitrogens with zero attached hydrogens (tertiary/aromatic N) is 1. The third kappa shape index (κ3) is 2.94. The highest BCUT2D eigenvalue weighted by Crippen LogP contribution is 2.42. The summed E-state index contributed by atoms with van der Waals surface area (Å²) < 4.78 is 18.1. The highest BCUT2D eigenvalue weighted by atomic mass is 16.5.